The Balaban J connectivity index is 2.45. The number of para-hydroxylation sites is 1. The van der Waals surface area contributed by atoms with Gasteiger partial charge in [-0.1, -0.05) is 51.1 Å². The summed E-state index contributed by atoms with van der Waals surface area (Å²) >= 11 is 0. The zero-order valence-corrected chi connectivity index (χ0v) is 22.1. The molecule has 1 atom stereocenters. The largest absolute Gasteiger partial charge is 0.497 e. The lowest BCUT2D eigenvalue weighted by Crippen LogP contribution is -2.52. The fourth-order valence-electron chi connectivity index (χ4n) is 3.86. The predicted molar refractivity (Wildman–Crippen MR) is 139 cm³/mol. The molecule has 0 aromatic heterocycles. The molecule has 0 radical (unpaired) electrons. The molecule has 8 nitrogen and oxygen atoms in total. The van der Waals surface area contributed by atoms with Gasteiger partial charge in [0.05, 0.1) is 19.1 Å². The van der Waals surface area contributed by atoms with Crippen LogP contribution in [0.25, 0.3) is 0 Å². The first-order valence-corrected chi connectivity index (χ1v) is 13.8. The lowest BCUT2D eigenvalue weighted by molar-refractivity contribution is -0.140. The highest BCUT2D eigenvalue weighted by atomic mass is 32.2. The van der Waals surface area contributed by atoms with Crippen LogP contribution in [0, 0.1) is 0 Å². The number of carbonyl (C=O) groups excluding carboxylic acids is 2. The Bertz CT molecular complexity index is 1090. The van der Waals surface area contributed by atoms with Gasteiger partial charge in [-0.25, -0.2) is 8.42 Å². The molecule has 1 N–H and O–H groups in total. The van der Waals surface area contributed by atoms with Crippen molar-refractivity contribution in [2.24, 2.45) is 0 Å². The van der Waals surface area contributed by atoms with E-state index >= 15 is 0 Å². The maximum absolute atomic E-state index is 13.7. The Kier molecular flexibility index (Phi) is 10.6. The zero-order chi connectivity index (χ0) is 26.0. The number of aryl methyl sites for hydroxylation is 1. The third kappa shape index (κ3) is 7.71. The number of anilines is 1. The van der Waals surface area contributed by atoms with Crippen molar-refractivity contribution < 1.29 is 22.7 Å². The molecule has 2 rings (SSSR count). The first kappa shape index (κ1) is 28.2. The molecule has 0 aliphatic carbocycles. The van der Waals surface area contributed by atoms with Gasteiger partial charge in [0, 0.05) is 13.1 Å². The van der Waals surface area contributed by atoms with E-state index < -0.39 is 28.5 Å². The molecule has 0 unspecified atom stereocenters. The van der Waals surface area contributed by atoms with Crippen LogP contribution in [0.2, 0.25) is 0 Å². The average Bonchev–Trinajstić information content (AvgIpc) is 2.85. The van der Waals surface area contributed by atoms with Crippen LogP contribution in [-0.2, 0) is 32.6 Å². The Labute approximate surface area is 209 Å². The molecule has 192 valence electrons. The Morgan fingerprint density at radius 2 is 1.69 bits per heavy atom. The van der Waals surface area contributed by atoms with Gasteiger partial charge in [0.1, 0.15) is 18.3 Å². The minimum Gasteiger partial charge on any atom is -0.497 e. The van der Waals surface area contributed by atoms with Crippen LogP contribution in [-0.4, -0.2) is 57.6 Å². The van der Waals surface area contributed by atoms with Crippen molar-refractivity contribution in [3.8, 4) is 5.75 Å². The minimum absolute atomic E-state index is 0.161. The standard InChI is InChI=1S/C26H37N3O5S/c1-6-17-27-26(31)23(8-3)28(18-20-13-15-22(34-4)16-14-20)25(30)19-29(35(5,32)33)24-12-10-9-11-21(24)7-2/h9-16,23H,6-8,17-19H2,1-5H3,(H,27,31)/t23-/m1/s1. The number of hydrogen-bond donors (Lipinski definition) is 1. The number of rotatable bonds is 13. The smallest absolute Gasteiger partial charge is 0.244 e. The van der Waals surface area contributed by atoms with Crippen molar-refractivity contribution in [1.82, 2.24) is 10.2 Å². The molecular weight excluding hydrogens is 466 g/mol. The van der Waals surface area contributed by atoms with Crippen LogP contribution < -0.4 is 14.4 Å². The summed E-state index contributed by atoms with van der Waals surface area (Å²) in [7, 11) is -2.19. The predicted octanol–water partition coefficient (Wildman–Crippen LogP) is 3.36. The SMILES string of the molecule is CCCNC(=O)[C@@H](CC)N(Cc1ccc(OC)cc1)C(=O)CN(c1ccccc1CC)S(C)(=O)=O. The topological polar surface area (TPSA) is 96.0 Å². The highest BCUT2D eigenvalue weighted by Crippen LogP contribution is 2.24. The molecule has 35 heavy (non-hydrogen) atoms. The maximum atomic E-state index is 13.7. The number of hydrogen-bond acceptors (Lipinski definition) is 5. The zero-order valence-electron chi connectivity index (χ0n) is 21.3. The van der Waals surface area contributed by atoms with Crippen LogP contribution in [0.5, 0.6) is 5.75 Å². The summed E-state index contributed by atoms with van der Waals surface area (Å²) in [4.78, 5) is 28.1. The molecule has 0 saturated heterocycles. The summed E-state index contributed by atoms with van der Waals surface area (Å²) in [6.45, 7) is 5.99. The summed E-state index contributed by atoms with van der Waals surface area (Å²) in [6.07, 6.45) is 2.86. The summed E-state index contributed by atoms with van der Waals surface area (Å²) in [5.41, 5.74) is 2.10. The van der Waals surface area contributed by atoms with Crippen LogP contribution in [0.3, 0.4) is 0 Å². The van der Waals surface area contributed by atoms with E-state index in [0.717, 1.165) is 28.1 Å². The van der Waals surface area contributed by atoms with Crippen molar-refractivity contribution in [1.29, 1.82) is 0 Å². The van der Waals surface area contributed by atoms with E-state index in [0.29, 0.717) is 30.8 Å². The second-order valence-corrected chi connectivity index (χ2v) is 10.2. The normalized spacial score (nSPS) is 12.0. The fourth-order valence-corrected chi connectivity index (χ4v) is 4.74. The number of amides is 2. The van der Waals surface area contributed by atoms with E-state index in [4.69, 9.17) is 4.74 Å². The number of nitrogens with one attached hydrogen (secondary N) is 1. The van der Waals surface area contributed by atoms with Crippen molar-refractivity contribution in [2.75, 3.05) is 30.8 Å². The van der Waals surface area contributed by atoms with Gasteiger partial charge < -0.3 is 15.0 Å². The van der Waals surface area contributed by atoms with Crippen molar-refractivity contribution >= 4 is 27.5 Å². The minimum atomic E-state index is -3.76. The first-order valence-electron chi connectivity index (χ1n) is 11.9. The molecule has 0 bridgehead atoms. The highest BCUT2D eigenvalue weighted by molar-refractivity contribution is 7.92. The number of nitrogens with zero attached hydrogens (tertiary/aromatic N) is 2. The van der Waals surface area contributed by atoms with Gasteiger partial charge in [-0.3, -0.25) is 13.9 Å². The second kappa shape index (κ2) is 13.1. The van der Waals surface area contributed by atoms with Gasteiger partial charge in [-0.15, -0.1) is 0 Å². The summed E-state index contributed by atoms with van der Waals surface area (Å²) in [5.74, 6) is -0.0227. The lowest BCUT2D eigenvalue weighted by Gasteiger charge is -2.33. The maximum Gasteiger partial charge on any atom is 0.244 e. The van der Waals surface area contributed by atoms with E-state index in [2.05, 4.69) is 5.32 Å². The molecule has 2 aromatic rings. The van der Waals surface area contributed by atoms with Crippen LogP contribution in [0.1, 0.15) is 44.7 Å². The van der Waals surface area contributed by atoms with Gasteiger partial charge >= 0.3 is 0 Å². The number of ether oxygens (including phenoxy) is 1. The molecule has 2 aromatic carbocycles. The van der Waals surface area contributed by atoms with Crippen LogP contribution in [0.15, 0.2) is 48.5 Å². The molecular formula is C26H37N3O5S. The number of benzene rings is 2. The molecule has 9 heteroatoms. The van der Waals surface area contributed by atoms with Crippen molar-refractivity contribution in [2.45, 2.75) is 52.6 Å². The number of methoxy groups -OCH3 is 1. The summed E-state index contributed by atoms with van der Waals surface area (Å²) < 4.78 is 31.9. The summed E-state index contributed by atoms with van der Waals surface area (Å²) in [5, 5.41) is 2.87. The number of sulfonamides is 1. The Morgan fingerprint density at radius 1 is 1.03 bits per heavy atom. The fraction of sp³-hybridized carbons (Fsp3) is 0.462. The van der Waals surface area contributed by atoms with Gasteiger partial charge in [-0.05, 0) is 48.6 Å². The van der Waals surface area contributed by atoms with E-state index in [-0.39, 0.29) is 12.5 Å². The first-order chi connectivity index (χ1) is 16.7. The molecule has 0 fully saturated rings. The Morgan fingerprint density at radius 3 is 2.23 bits per heavy atom. The molecule has 0 saturated carbocycles. The van der Waals surface area contributed by atoms with E-state index in [9.17, 15) is 18.0 Å². The van der Waals surface area contributed by atoms with E-state index in [1.807, 2.05) is 45.0 Å². The summed E-state index contributed by atoms with van der Waals surface area (Å²) in [6, 6.07) is 13.6. The monoisotopic (exact) mass is 503 g/mol. The van der Waals surface area contributed by atoms with Gasteiger partial charge in [0.15, 0.2) is 0 Å². The highest BCUT2D eigenvalue weighted by Gasteiger charge is 2.32. The molecule has 0 aliphatic heterocycles. The molecule has 0 heterocycles. The Hall–Kier alpha value is -3.07. The third-order valence-electron chi connectivity index (χ3n) is 5.77. The lowest BCUT2D eigenvalue weighted by atomic mass is 10.1. The number of carbonyl (C=O) groups is 2. The van der Waals surface area contributed by atoms with Gasteiger partial charge in [-0.2, -0.15) is 0 Å². The quantitative estimate of drug-likeness (QED) is 0.452. The van der Waals surface area contributed by atoms with Crippen LogP contribution in [0.4, 0.5) is 5.69 Å². The molecule has 2 amide bonds. The van der Waals surface area contributed by atoms with Gasteiger partial charge in [0.2, 0.25) is 21.8 Å². The van der Waals surface area contributed by atoms with Crippen molar-refractivity contribution in [3.05, 3.63) is 59.7 Å². The van der Waals surface area contributed by atoms with E-state index in [1.54, 1.807) is 31.4 Å². The third-order valence-corrected chi connectivity index (χ3v) is 6.89. The molecule has 0 spiro atoms. The average molecular weight is 504 g/mol. The van der Waals surface area contributed by atoms with Crippen LogP contribution >= 0.6 is 0 Å². The van der Waals surface area contributed by atoms with Gasteiger partial charge in [0.25, 0.3) is 0 Å². The molecule has 0 aliphatic rings. The van der Waals surface area contributed by atoms with Crippen molar-refractivity contribution in [3.63, 3.8) is 0 Å². The van der Waals surface area contributed by atoms with E-state index in [1.165, 1.54) is 4.90 Å². The second-order valence-electron chi connectivity index (χ2n) is 8.34.